The number of amides is 1. The first-order valence-corrected chi connectivity index (χ1v) is 8.90. The average Bonchev–Trinajstić information content (AvgIpc) is 2.68. The Balaban J connectivity index is 1.89. The number of nitrogens with one attached hydrogen (secondary N) is 1. The van der Waals surface area contributed by atoms with Gasteiger partial charge in [0.15, 0.2) is 15.9 Å². The van der Waals surface area contributed by atoms with Gasteiger partial charge in [-0.1, -0.05) is 22.0 Å². The van der Waals surface area contributed by atoms with Crippen LogP contribution in [0.5, 0.6) is 5.75 Å². The van der Waals surface area contributed by atoms with Crippen molar-refractivity contribution in [1.82, 2.24) is 5.32 Å². The number of rotatable bonds is 4. The molecular weight excluding hydrogens is 346 g/mol. The number of sulfone groups is 1. The van der Waals surface area contributed by atoms with E-state index in [4.69, 9.17) is 4.74 Å². The Hall–Kier alpha value is -1.08. The van der Waals surface area contributed by atoms with Gasteiger partial charge in [-0.25, -0.2) is 8.42 Å². The van der Waals surface area contributed by atoms with Gasteiger partial charge in [0.05, 0.1) is 11.5 Å². The number of carbonyl (C=O) groups excluding carboxylic acids is 1. The fourth-order valence-corrected chi connectivity index (χ4v) is 4.08. The van der Waals surface area contributed by atoms with E-state index in [1.54, 1.807) is 19.1 Å². The van der Waals surface area contributed by atoms with Gasteiger partial charge in [0, 0.05) is 10.5 Å². The molecule has 1 aromatic rings. The predicted octanol–water partition coefficient (Wildman–Crippen LogP) is 1.52. The summed E-state index contributed by atoms with van der Waals surface area (Å²) in [7, 11) is -2.99. The van der Waals surface area contributed by atoms with Crippen molar-refractivity contribution in [3.8, 4) is 5.75 Å². The van der Waals surface area contributed by atoms with E-state index < -0.39 is 15.9 Å². The van der Waals surface area contributed by atoms with Gasteiger partial charge in [-0.05, 0) is 31.5 Å². The van der Waals surface area contributed by atoms with Crippen LogP contribution in [0.4, 0.5) is 0 Å². The van der Waals surface area contributed by atoms with Crippen LogP contribution in [0, 0.1) is 0 Å². The third-order valence-corrected chi connectivity index (χ3v) is 5.32. The van der Waals surface area contributed by atoms with Gasteiger partial charge in [0.2, 0.25) is 0 Å². The monoisotopic (exact) mass is 361 g/mol. The highest BCUT2D eigenvalue weighted by molar-refractivity contribution is 9.10. The van der Waals surface area contributed by atoms with Crippen molar-refractivity contribution >= 4 is 31.7 Å². The molecule has 1 aliphatic heterocycles. The van der Waals surface area contributed by atoms with E-state index in [0.717, 1.165) is 4.47 Å². The summed E-state index contributed by atoms with van der Waals surface area (Å²) in [6.45, 7) is 1.64. The number of ether oxygens (including phenoxy) is 1. The van der Waals surface area contributed by atoms with Crippen molar-refractivity contribution in [2.75, 3.05) is 11.5 Å². The first-order chi connectivity index (χ1) is 9.35. The first kappa shape index (κ1) is 15.3. The molecule has 1 saturated heterocycles. The molecule has 0 bridgehead atoms. The maximum atomic E-state index is 12.0. The van der Waals surface area contributed by atoms with Crippen LogP contribution in [0.2, 0.25) is 0 Å². The fourth-order valence-electron chi connectivity index (χ4n) is 2.03. The minimum atomic E-state index is -2.99. The lowest BCUT2D eigenvalue weighted by molar-refractivity contribution is -0.127. The molecule has 0 spiro atoms. The lowest BCUT2D eigenvalue weighted by Crippen LogP contribution is -2.43. The lowest BCUT2D eigenvalue weighted by atomic mass is 10.2. The Kier molecular flexibility index (Phi) is 4.70. The zero-order valence-electron chi connectivity index (χ0n) is 11.0. The standard InChI is InChI=1S/C13H16BrNO4S/c1-9(19-12-4-2-3-10(14)7-12)13(16)15-11-5-6-20(17,18)8-11/h2-4,7,9,11H,5-6,8H2,1H3,(H,15,16)/t9-,11-/m1/s1. The molecular formula is C13H16BrNO4S. The molecule has 110 valence electrons. The molecule has 1 heterocycles. The summed E-state index contributed by atoms with van der Waals surface area (Å²) < 4.78 is 29.1. The summed E-state index contributed by atoms with van der Waals surface area (Å²) in [4.78, 5) is 12.0. The van der Waals surface area contributed by atoms with Crippen LogP contribution in [0.1, 0.15) is 13.3 Å². The Labute approximate surface area is 126 Å². The van der Waals surface area contributed by atoms with Gasteiger partial charge in [0.25, 0.3) is 5.91 Å². The number of hydrogen-bond acceptors (Lipinski definition) is 4. The number of benzene rings is 1. The molecule has 0 saturated carbocycles. The van der Waals surface area contributed by atoms with Crippen LogP contribution in [-0.4, -0.2) is 38.0 Å². The smallest absolute Gasteiger partial charge is 0.261 e. The number of halogens is 1. The van der Waals surface area contributed by atoms with Gasteiger partial charge in [-0.2, -0.15) is 0 Å². The van der Waals surface area contributed by atoms with E-state index in [9.17, 15) is 13.2 Å². The summed E-state index contributed by atoms with van der Waals surface area (Å²) >= 11 is 3.33. The minimum Gasteiger partial charge on any atom is -0.481 e. The van der Waals surface area contributed by atoms with Crippen molar-refractivity contribution in [2.45, 2.75) is 25.5 Å². The van der Waals surface area contributed by atoms with Crippen LogP contribution in [0.3, 0.4) is 0 Å². The lowest BCUT2D eigenvalue weighted by Gasteiger charge is -2.17. The van der Waals surface area contributed by atoms with Crippen molar-refractivity contribution in [3.63, 3.8) is 0 Å². The maximum Gasteiger partial charge on any atom is 0.261 e. The summed E-state index contributed by atoms with van der Waals surface area (Å²) in [5.41, 5.74) is 0. The average molecular weight is 362 g/mol. The molecule has 0 unspecified atom stereocenters. The first-order valence-electron chi connectivity index (χ1n) is 6.29. The van der Waals surface area contributed by atoms with Crippen LogP contribution >= 0.6 is 15.9 Å². The molecule has 0 aliphatic carbocycles. The molecule has 0 aromatic heterocycles. The summed E-state index contributed by atoms with van der Waals surface area (Å²) in [5, 5.41) is 2.71. The van der Waals surface area contributed by atoms with E-state index in [-0.39, 0.29) is 23.5 Å². The topological polar surface area (TPSA) is 72.5 Å². The van der Waals surface area contributed by atoms with Gasteiger partial charge < -0.3 is 10.1 Å². The van der Waals surface area contributed by atoms with Crippen LogP contribution < -0.4 is 10.1 Å². The summed E-state index contributed by atoms with van der Waals surface area (Å²) in [6, 6.07) is 6.90. The zero-order chi connectivity index (χ0) is 14.8. The Bertz CT molecular complexity index is 602. The summed E-state index contributed by atoms with van der Waals surface area (Å²) in [6.07, 6.45) is -0.204. The molecule has 1 aromatic carbocycles. The highest BCUT2D eigenvalue weighted by atomic mass is 79.9. The second kappa shape index (κ2) is 6.13. The minimum absolute atomic E-state index is 0.0162. The quantitative estimate of drug-likeness (QED) is 0.882. The molecule has 1 aliphatic rings. The van der Waals surface area contributed by atoms with E-state index in [0.29, 0.717) is 12.2 Å². The van der Waals surface area contributed by atoms with E-state index in [2.05, 4.69) is 21.2 Å². The molecule has 0 radical (unpaired) electrons. The van der Waals surface area contributed by atoms with Crippen molar-refractivity contribution in [3.05, 3.63) is 28.7 Å². The Morgan fingerprint density at radius 1 is 1.50 bits per heavy atom. The fraction of sp³-hybridized carbons (Fsp3) is 0.462. The molecule has 1 fully saturated rings. The Morgan fingerprint density at radius 2 is 2.25 bits per heavy atom. The molecule has 2 rings (SSSR count). The summed E-state index contributed by atoms with van der Waals surface area (Å²) in [5.74, 6) is 0.439. The van der Waals surface area contributed by atoms with Crippen LogP contribution in [0.15, 0.2) is 28.7 Å². The van der Waals surface area contributed by atoms with Crippen molar-refractivity contribution < 1.29 is 17.9 Å². The van der Waals surface area contributed by atoms with Gasteiger partial charge >= 0.3 is 0 Å². The molecule has 20 heavy (non-hydrogen) atoms. The van der Waals surface area contributed by atoms with Crippen molar-refractivity contribution in [1.29, 1.82) is 0 Å². The van der Waals surface area contributed by atoms with Crippen molar-refractivity contribution in [2.24, 2.45) is 0 Å². The predicted molar refractivity (Wildman–Crippen MR) is 79.4 cm³/mol. The van der Waals surface area contributed by atoms with Crippen LogP contribution in [0.25, 0.3) is 0 Å². The van der Waals surface area contributed by atoms with E-state index in [1.807, 2.05) is 12.1 Å². The Morgan fingerprint density at radius 3 is 2.85 bits per heavy atom. The zero-order valence-corrected chi connectivity index (χ0v) is 13.4. The molecule has 7 heteroatoms. The third-order valence-electron chi connectivity index (χ3n) is 3.06. The van der Waals surface area contributed by atoms with Gasteiger partial charge in [-0.15, -0.1) is 0 Å². The normalized spacial score (nSPS) is 22.2. The second-order valence-electron chi connectivity index (χ2n) is 4.83. The highest BCUT2D eigenvalue weighted by Crippen LogP contribution is 2.19. The van der Waals surface area contributed by atoms with E-state index >= 15 is 0 Å². The largest absolute Gasteiger partial charge is 0.481 e. The van der Waals surface area contributed by atoms with Gasteiger partial charge in [0.1, 0.15) is 5.75 Å². The molecule has 5 nitrogen and oxygen atoms in total. The number of carbonyl (C=O) groups is 1. The number of hydrogen-bond donors (Lipinski definition) is 1. The molecule has 1 amide bonds. The third kappa shape index (κ3) is 4.21. The van der Waals surface area contributed by atoms with Crippen LogP contribution in [-0.2, 0) is 14.6 Å². The van der Waals surface area contributed by atoms with E-state index in [1.165, 1.54) is 0 Å². The van der Waals surface area contributed by atoms with Gasteiger partial charge in [-0.3, -0.25) is 4.79 Å². The second-order valence-corrected chi connectivity index (χ2v) is 7.97. The SMILES string of the molecule is C[C@@H](Oc1cccc(Br)c1)C(=O)N[C@@H]1CCS(=O)(=O)C1. The maximum absolute atomic E-state index is 12.0. The molecule has 1 N–H and O–H groups in total. The molecule has 2 atom stereocenters. The highest BCUT2D eigenvalue weighted by Gasteiger charge is 2.30.